The lowest BCUT2D eigenvalue weighted by Crippen LogP contribution is -2.35. The largest absolute Gasteiger partial charge is 0.368 e. The van der Waals surface area contributed by atoms with Crippen LogP contribution in [0.3, 0.4) is 0 Å². The molecule has 0 aromatic heterocycles. The smallest absolute Gasteiger partial charge is 0.0396 e. The molecule has 0 atom stereocenters. The fourth-order valence-electron chi connectivity index (χ4n) is 3.03. The van der Waals surface area contributed by atoms with Crippen molar-refractivity contribution in [1.82, 2.24) is 9.80 Å². The van der Waals surface area contributed by atoms with Gasteiger partial charge in [-0.15, -0.1) is 0 Å². The molecule has 0 saturated heterocycles. The van der Waals surface area contributed by atoms with Crippen LogP contribution in [0.2, 0.25) is 0 Å². The van der Waals surface area contributed by atoms with Gasteiger partial charge in [0.1, 0.15) is 0 Å². The van der Waals surface area contributed by atoms with Crippen LogP contribution in [0.25, 0.3) is 0 Å². The third-order valence-corrected chi connectivity index (χ3v) is 3.39. The summed E-state index contributed by atoms with van der Waals surface area (Å²) in [6.07, 6.45) is 1.19. The maximum Gasteiger partial charge on any atom is 0.0396 e. The lowest BCUT2D eigenvalue weighted by Gasteiger charge is -2.33. The molecule has 1 rings (SSSR count). The Hall–Kier alpha value is -0.660. The minimum atomic E-state index is 0.601. The lowest BCUT2D eigenvalue weighted by molar-refractivity contribution is 0.225. The second kappa shape index (κ2) is 5.32. The third kappa shape index (κ3) is 3.17. The minimum Gasteiger partial charge on any atom is -0.368 e. The van der Waals surface area contributed by atoms with Crippen LogP contribution in [0, 0.1) is 0 Å². The van der Waals surface area contributed by atoms with Crippen molar-refractivity contribution in [3.63, 3.8) is 0 Å². The molecule has 0 aromatic carbocycles. The summed E-state index contributed by atoms with van der Waals surface area (Å²) >= 11 is 0. The van der Waals surface area contributed by atoms with Crippen LogP contribution in [0.15, 0.2) is 11.4 Å². The number of hydrogen-bond donors (Lipinski definition) is 0. The summed E-state index contributed by atoms with van der Waals surface area (Å²) in [5.41, 5.74) is 3.13. The first kappa shape index (κ1) is 14.4. The van der Waals surface area contributed by atoms with E-state index >= 15 is 0 Å². The number of allylic oxidation sites excluding steroid dienone is 2. The third-order valence-electron chi connectivity index (χ3n) is 3.39. The Labute approximate surface area is 108 Å². The molecule has 0 aliphatic heterocycles. The van der Waals surface area contributed by atoms with Gasteiger partial charge in [0, 0.05) is 42.0 Å². The van der Waals surface area contributed by atoms with E-state index in [0.717, 1.165) is 0 Å². The van der Waals surface area contributed by atoms with E-state index in [1.807, 2.05) is 0 Å². The van der Waals surface area contributed by atoms with Crippen molar-refractivity contribution in [3.05, 3.63) is 11.4 Å². The zero-order chi connectivity index (χ0) is 13.3. The Bertz CT molecular complexity index is 243. The summed E-state index contributed by atoms with van der Waals surface area (Å²) in [4.78, 5) is 5.13. The molecule has 0 radical (unpaired) electrons. The zero-order valence-corrected chi connectivity index (χ0v) is 12.9. The van der Waals surface area contributed by atoms with Gasteiger partial charge < -0.3 is 9.80 Å². The quantitative estimate of drug-likeness (QED) is 0.693. The molecule has 0 amide bonds. The maximum atomic E-state index is 2.56. The average Bonchev–Trinajstić information content (AvgIpc) is 2.81. The van der Waals surface area contributed by atoms with E-state index < -0.39 is 0 Å². The SMILES string of the molecule is CC(C)N(C1=C(N(C(C)C)C(C)C)C1)C(C)C. The van der Waals surface area contributed by atoms with Gasteiger partial charge in [-0.3, -0.25) is 0 Å². The average molecular weight is 238 g/mol. The number of nitrogens with zero attached hydrogens (tertiary/aromatic N) is 2. The highest BCUT2D eigenvalue weighted by Gasteiger charge is 2.35. The summed E-state index contributed by atoms with van der Waals surface area (Å²) < 4.78 is 0. The van der Waals surface area contributed by atoms with E-state index in [4.69, 9.17) is 0 Å². The molecule has 1 aliphatic carbocycles. The van der Waals surface area contributed by atoms with E-state index in [1.165, 1.54) is 6.42 Å². The second-order valence-corrected chi connectivity index (χ2v) is 6.26. The standard InChI is InChI=1S/C15H30N2/c1-10(2)16(11(3)4)14-9-15(14)17(12(5)6)13(7)8/h10-13H,9H2,1-8H3. The van der Waals surface area contributed by atoms with Crippen molar-refractivity contribution in [2.45, 2.75) is 86.0 Å². The van der Waals surface area contributed by atoms with E-state index in [9.17, 15) is 0 Å². The van der Waals surface area contributed by atoms with Crippen LogP contribution in [-0.4, -0.2) is 34.0 Å². The van der Waals surface area contributed by atoms with Crippen molar-refractivity contribution in [2.24, 2.45) is 0 Å². The number of rotatable bonds is 6. The van der Waals surface area contributed by atoms with Gasteiger partial charge in [-0.25, -0.2) is 0 Å². The molecule has 0 unspecified atom stereocenters. The highest BCUT2D eigenvalue weighted by atomic mass is 15.3. The first-order chi connectivity index (χ1) is 7.77. The molecule has 0 heterocycles. The fraction of sp³-hybridized carbons (Fsp3) is 0.867. The summed E-state index contributed by atoms with van der Waals surface area (Å²) in [5.74, 6) is 0. The van der Waals surface area contributed by atoms with Gasteiger partial charge in [-0.1, -0.05) is 0 Å². The van der Waals surface area contributed by atoms with Crippen molar-refractivity contribution in [3.8, 4) is 0 Å². The van der Waals surface area contributed by atoms with E-state index in [2.05, 4.69) is 65.2 Å². The fourth-order valence-corrected chi connectivity index (χ4v) is 3.03. The highest BCUT2D eigenvalue weighted by Crippen LogP contribution is 2.40. The summed E-state index contributed by atoms with van der Waals surface area (Å²) in [6.45, 7) is 18.3. The molecule has 0 aromatic rings. The molecule has 2 nitrogen and oxygen atoms in total. The van der Waals surface area contributed by atoms with Crippen LogP contribution in [0.4, 0.5) is 0 Å². The molecule has 0 spiro atoms. The molecule has 0 bridgehead atoms. The second-order valence-electron chi connectivity index (χ2n) is 6.26. The molecule has 17 heavy (non-hydrogen) atoms. The van der Waals surface area contributed by atoms with Crippen LogP contribution < -0.4 is 0 Å². The Morgan fingerprint density at radius 1 is 0.588 bits per heavy atom. The molecule has 0 N–H and O–H groups in total. The maximum absolute atomic E-state index is 2.56. The van der Waals surface area contributed by atoms with Crippen LogP contribution in [0.5, 0.6) is 0 Å². The van der Waals surface area contributed by atoms with E-state index in [-0.39, 0.29) is 0 Å². The Morgan fingerprint density at radius 2 is 0.824 bits per heavy atom. The van der Waals surface area contributed by atoms with E-state index in [1.54, 1.807) is 11.4 Å². The summed E-state index contributed by atoms with van der Waals surface area (Å²) in [5, 5.41) is 0. The topological polar surface area (TPSA) is 6.48 Å². The molecular formula is C15H30N2. The van der Waals surface area contributed by atoms with Crippen molar-refractivity contribution >= 4 is 0 Å². The Balaban J connectivity index is 2.88. The van der Waals surface area contributed by atoms with Crippen LogP contribution >= 0.6 is 0 Å². The lowest BCUT2D eigenvalue weighted by atomic mass is 10.2. The normalized spacial score (nSPS) is 15.5. The van der Waals surface area contributed by atoms with E-state index in [0.29, 0.717) is 24.2 Å². The zero-order valence-electron chi connectivity index (χ0n) is 12.9. The molecular weight excluding hydrogens is 208 g/mol. The van der Waals surface area contributed by atoms with Crippen molar-refractivity contribution in [2.75, 3.05) is 0 Å². The predicted molar refractivity (Wildman–Crippen MR) is 75.9 cm³/mol. The first-order valence-corrected chi connectivity index (χ1v) is 7.06. The van der Waals surface area contributed by atoms with Crippen molar-refractivity contribution < 1.29 is 0 Å². The van der Waals surface area contributed by atoms with Gasteiger partial charge in [-0.05, 0) is 55.4 Å². The van der Waals surface area contributed by atoms with Gasteiger partial charge >= 0.3 is 0 Å². The molecule has 1 aliphatic rings. The van der Waals surface area contributed by atoms with Crippen molar-refractivity contribution in [1.29, 1.82) is 0 Å². The van der Waals surface area contributed by atoms with Gasteiger partial charge in [0.05, 0.1) is 0 Å². The van der Waals surface area contributed by atoms with Gasteiger partial charge in [0.25, 0.3) is 0 Å². The summed E-state index contributed by atoms with van der Waals surface area (Å²) in [6, 6.07) is 2.40. The first-order valence-electron chi connectivity index (χ1n) is 7.06. The van der Waals surface area contributed by atoms with Gasteiger partial charge in [-0.2, -0.15) is 0 Å². The highest BCUT2D eigenvalue weighted by molar-refractivity contribution is 5.34. The summed E-state index contributed by atoms with van der Waals surface area (Å²) in [7, 11) is 0. The molecule has 100 valence electrons. The Morgan fingerprint density at radius 3 is 1.00 bits per heavy atom. The monoisotopic (exact) mass is 238 g/mol. The number of hydrogen-bond acceptors (Lipinski definition) is 2. The van der Waals surface area contributed by atoms with Gasteiger partial charge in [0.2, 0.25) is 0 Å². The Kier molecular flexibility index (Phi) is 4.51. The molecule has 0 saturated carbocycles. The predicted octanol–water partition coefficient (Wildman–Crippen LogP) is 3.84. The molecule has 0 fully saturated rings. The molecule has 2 heteroatoms. The van der Waals surface area contributed by atoms with Gasteiger partial charge in [0.15, 0.2) is 0 Å². The minimum absolute atomic E-state index is 0.601. The van der Waals surface area contributed by atoms with Crippen LogP contribution in [0.1, 0.15) is 61.8 Å². The van der Waals surface area contributed by atoms with Crippen LogP contribution in [-0.2, 0) is 0 Å².